The predicted molar refractivity (Wildman–Crippen MR) is 97.1 cm³/mol. The number of rotatable bonds is 2. The zero-order valence-corrected chi connectivity index (χ0v) is 14.9. The lowest BCUT2D eigenvalue weighted by Crippen LogP contribution is -2.22. The fraction of sp³-hybridized carbons (Fsp3) is 0.636. The van der Waals surface area contributed by atoms with Gasteiger partial charge in [-0.25, -0.2) is 0 Å². The first kappa shape index (κ1) is 15.8. The largest absolute Gasteiger partial charge is 0.0804 e. The summed E-state index contributed by atoms with van der Waals surface area (Å²) in [5.74, 6) is 2.95. The molecule has 0 nitrogen and oxygen atoms in total. The van der Waals surface area contributed by atoms with E-state index in [0.29, 0.717) is 0 Å². The van der Waals surface area contributed by atoms with Gasteiger partial charge in [-0.15, -0.1) is 0 Å². The summed E-state index contributed by atoms with van der Waals surface area (Å²) >= 11 is 0. The van der Waals surface area contributed by atoms with Gasteiger partial charge in [0.15, 0.2) is 0 Å². The molecule has 0 heterocycles. The van der Waals surface area contributed by atoms with Crippen molar-refractivity contribution in [3.8, 4) is 0 Å². The first-order valence-electron chi connectivity index (χ1n) is 9.32. The van der Waals surface area contributed by atoms with Gasteiger partial charge in [-0.3, -0.25) is 0 Å². The maximum Gasteiger partial charge on any atom is -0.0196 e. The molecule has 1 saturated carbocycles. The van der Waals surface area contributed by atoms with E-state index < -0.39 is 0 Å². The zero-order valence-electron chi connectivity index (χ0n) is 14.9. The van der Waals surface area contributed by atoms with Gasteiger partial charge < -0.3 is 0 Å². The number of aryl methyl sites for hydroxylation is 1. The van der Waals surface area contributed by atoms with Crippen molar-refractivity contribution < 1.29 is 0 Å². The van der Waals surface area contributed by atoms with Crippen LogP contribution < -0.4 is 0 Å². The Morgan fingerprint density at radius 1 is 0.818 bits per heavy atom. The summed E-state index contributed by atoms with van der Waals surface area (Å²) in [5.41, 5.74) is 7.52. The van der Waals surface area contributed by atoms with Gasteiger partial charge in [0.1, 0.15) is 0 Å². The van der Waals surface area contributed by atoms with Crippen LogP contribution in [0.25, 0.3) is 5.57 Å². The molecule has 2 aliphatic rings. The first-order chi connectivity index (χ1) is 10.6. The average molecular weight is 296 g/mol. The van der Waals surface area contributed by atoms with E-state index in [2.05, 4.69) is 45.9 Å². The fourth-order valence-corrected chi connectivity index (χ4v) is 4.59. The van der Waals surface area contributed by atoms with Gasteiger partial charge >= 0.3 is 0 Å². The van der Waals surface area contributed by atoms with E-state index >= 15 is 0 Å². The molecule has 22 heavy (non-hydrogen) atoms. The summed E-state index contributed by atoms with van der Waals surface area (Å²) in [5, 5.41) is 0. The van der Waals surface area contributed by atoms with Crippen LogP contribution in [0.4, 0.5) is 0 Å². The second-order valence-corrected chi connectivity index (χ2v) is 7.96. The molecule has 1 atom stereocenters. The second-order valence-electron chi connectivity index (χ2n) is 7.96. The summed E-state index contributed by atoms with van der Waals surface area (Å²) in [6.07, 6.45) is 12.5. The molecule has 0 aromatic heterocycles. The molecule has 2 aliphatic carbocycles. The van der Waals surface area contributed by atoms with Gasteiger partial charge in [0, 0.05) is 0 Å². The summed E-state index contributed by atoms with van der Waals surface area (Å²) in [4.78, 5) is 0. The third kappa shape index (κ3) is 3.16. The quantitative estimate of drug-likeness (QED) is 0.575. The van der Waals surface area contributed by atoms with Crippen molar-refractivity contribution in [2.24, 2.45) is 17.8 Å². The molecule has 0 spiro atoms. The van der Waals surface area contributed by atoms with Crippen LogP contribution in [0, 0.1) is 38.5 Å². The van der Waals surface area contributed by atoms with Crippen LogP contribution in [0.2, 0.25) is 0 Å². The molecule has 1 fully saturated rings. The van der Waals surface area contributed by atoms with Gasteiger partial charge in [0.05, 0.1) is 0 Å². The minimum Gasteiger partial charge on any atom is -0.0804 e. The van der Waals surface area contributed by atoms with Gasteiger partial charge in [-0.05, 0) is 98.5 Å². The summed E-state index contributed by atoms with van der Waals surface area (Å²) in [6.45, 7) is 9.22. The Kier molecular flexibility index (Phi) is 4.76. The molecular formula is C22H32. The minimum absolute atomic E-state index is 0.961. The van der Waals surface area contributed by atoms with Crippen molar-refractivity contribution in [2.45, 2.75) is 72.6 Å². The van der Waals surface area contributed by atoms with E-state index in [1.807, 2.05) is 0 Å². The van der Waals surface area contributed by atoms with Crippen LogP contribution in [-0.2, 0) is 0 Å². The third-order valence-electron chi connectivity index (χ3n) is 6.58. The highest BCUT2D eigenvalue weighted by molar-refractivity contribution is 5.70. The lowest BCUT2D eigenvalue weighted by atomic mass is 9.71. The molecule has 120 valence electrons. The Morgan fingerprint density at radius 2 is 1.55 bits per heavy atom. The average Bonchev–Trinajstić information content (AvgIpc) is 2.54. The van der Waals surface area contributed by atoms with Crippen molar-refractivity contribution in [3.63, 3.8) is 0 Å². The summed E-state index contributed by atoms with van der Waals surface area (Å²) in [7, 11) is 0. The molecule has 0 saturated heterocycles. The molecule has 0 heteroatoms. The third-order valence-corrected chi connectivity index (χ3v) is 6.58. The van der Waals surface area contributed by atoms with Gasteiger partial charge in [-0.2, -0.15) is 0 Å². The van der Waals surface area contributed by atoms with Gasteiger partial charge in [-0.1, -0.05) is 38.0 Å². The highest BCUT2D eigenvalue weighted by Crippen LogP contribution is 2.41. The van der Waals surface area contributed by atoms with Crippen LogP contribution in [0.15, 0.2) is 18.2 Å². The lowest BCUT2D eigenvalue weighted by Gasteiger charge is -2.34. The van der Waals surface area contributed by atoms with Crippen LogP contribution in [0.3, 0.4) is 0 Å². The SMILES string of the molecule is Cc1ccc(C2=CCC(C3CCC(C)CC3)CC2)c(C)c1C. The van der Waals surface area contributed by atoms with E-state index in [-0.39, 0.29) is 0 Å². The Morgan fingerprint density at radius 3 is 2.18 bits per heavy atom. The predicted octanol–water partition coefficient (Wildman–Crippen LogP) is 6.62. The second kappa shape index (κ2) is 6.60. The highest BCUT2D eigenvalue weighted by atomic mass is 14.3. The molecule has 1 aromatic rings. The maximum atomic E-state index is 2.57. The molecule has 1 unspecified atom stereocenters. The molecule has 3 rings (SSSR count). The molecule has 1 aromatic carbocycles. The number of hydrogen-bond donors (Lipinski definition) is 0. The van der Waals surface area contributed by atoms with Crippen LogP contribution >= 0.6 is 0 Å². The zero-order chi connectivity index (χ0) is 15.7. The van der Waals surface area contributed by atoms with Crippen molar-refractivity contribution in [2.75, 3.05) is 0 Å². The smallest absolute Gasteiger partial charge is 0.0196 e. The van der Waals surface area contributed by atoms with Gasteiger partial charge in [0.2, 0.25) is 0 Å². The number of allylic oxidation sites excluding steroid dienone is 2. The van der Waals surface area contributed by atoms with Crippen molar-refractivity contribution >= 4 is 5.57 Å². The van der Waals surface area contributed by atoms with Crippen molar-refractivity contribution in [3.05, 3.63) is 40.5 Å². The van der Waals surface area contributed by atoms with Gasteiger partial charge in [0.25, 0.3) is 0 Å². The number of hydrogen-bond acceptors (Lipinski definition) is 0. The topological polar surface area (TPSA) is 0 Å². The molecule has 0 N–H and O–H groups in total. The highest BCUT2D eigenvalue weighted by Gasteiger charge is 2.27. The molecule has 0 radical (unpaired) electrons. The van der Waals surface area contributed by atoms with Crippen LogP contribution in [0.1, 0.15) is 74.1 Å². The summed E-state index contributed by atoms with van der Waals surface area (Å²) in [6, 6.07) is 4.65. The van der Waals surface area contributed by atoms with Crippen molar-refractivity contribution in [1.82, 2.24) is 0 Å². The monoisotopic (exact) mass is 296 g/mol. The Labute approximate surface area is 137 Å². The Hall–Kier alpha value is -1.04. The van der Waals surface area contributed by atoms with E-state index in [1.54, 1.807) is 5.57 Å². The minimum atomic E-state index is 0.961. The molecule has 0 bridgehead atoms. The van der Waals surface area contributed by atoms with Crippen LogP contribution in [-0.4, -0.2) is 0 Å². The normalized spacial score (nSPS) is 29.3. The van der Waals surface area contributed by atoms with Crippen LogP contribution in [0.5, 0.6) is 0 Å². The standard InChI is InChI=1S/C22H32/c1-15-5-8-19(9-6-15)20-10-12-21(13-11-20)22-14-7-16(2)17(3)18(22)4/h7,12,14-15,19-20H,5-6,8-11,13H2,1-4H3. The summed E-state index contributed by atoms with van der Waals surface area (Å²) < 4.78 is 0. The molecule has 0 aliphatic heterocycles. The van der Waals surface area contributed by atoms with E-state index in [1.165, 1.54) is 67.2 Å². The number of benzene rings is 1. The Balaban J connectivity index is 1.70. The van der Waals surface area contributed by atoms with Crippen molar-refractivity contribution in [1.29, 1.82) is 0 Å². The molecule has 0 amide bonds. The van der Waals surface area contributed by atoms with E-state index in [4.69, 9.17) is 0 Å². The first-order valence-corrected chi connectivity index (χ1v) is 9.32. The fourth-order valence-electron chi connectivity index (χ4n) is 4.59. The lowest BCUT2D eigenvalue weighted by molar-refractivity contribution is 0.202. The maximum absolute atomic E-state index is 2.57. The molecular weight excluding hydrogens is 264 g/mol. The Bertz CT molecular complexity index is 556. The van der Waals surface area contributed by atoms with E-state index in [0.717, 1.165) is 17.8 Å². The van der Waals surface area contributed by atoms with E-state index in [9.17, 15) is 0 Å².